The van der Waals surface area contributed by atoms with Gasteiger partial charge in [-0.2, -0.15) is 4.98 Å². The summed E-state index contributed by atoms with van der Waals surface area (Å²) in [7, 11) is 0. The molecule has 0 fully saturated rings. The van der Waals surface area contributed by atoms with Crippen LogP contribution in [0.3, 0.4) is 0 Å². The van der Waals surface area contributed by atoms with Gasteiger partial charge in [0.2, 0.25) is 5.88 Å². The average molecular weight is 463 g/mol. The smallest absolute Gasteiger partial charge is 0.381 e. The first kappa shape index (κ1) is 25.0. The van der Waals surface area contributed by atoms with Gasteiger partial charge in [-0.25, -0.2) is 4.98 Å². The van der Waals surface area contributed by atoms with Gasteiger partial charge in [-0.15, -0.1) is 0 Å². The highest BCUT2D eigenvalue weighted by Gasteiger charge is 2.23. The SMILES string of the molecule is CCOP(=S)(OCC)Oc1cc(C)nc(C(C)C)n1.O=C1C=CC(=O)c2ccccc21. The molecule has 9 heteroatoms. The molecular weight excluding hydrogens is 435 g/mol. The molecule has 0 aliphatic heterocycles. The van der Waals surface area contributed by atoms with Gasteiger partial charge in [-0.1, -0.05) is 38.1 Å². The molecule has 1 aromatic heterocycles. The van der Waals surface area contributed by atoms with E-state index in [0.717, 1.165) is 11.5 Å². The van der Waals surface area contributed by atoms with Gasteiger partial charge in [0.15, 0.2) is 11.6 Å². The fraction of sp³-hybridized carbons (Fsp3) is 0.364. The maximum absolute atomic E-state index is 11.2. The largest absolute Gasteiger partial charge is 0.406 e. The number of nitrogens with zero attached hydrogens (tertiary/aromatic N) is 2. The number of hydrogen-bond acceptors (Lipinski definition) is 8. The van der Waals surface area contributed by atoms with Gasteiger partial charge >= 0.3 is 6.72 Å². The molecule has 0 N–H and O–H groups in total. The Morgan fingerprint density at radius 2 is 1.48 bits per heavy atom. The van der Waals surface area contributed by atoms with E-state index in [1.54, 1.807) is 30.3 Å². The summed E-state index contributed by atoms with van der Waals surface area (Å²) in [5, 5.41) is 0. The quantitative estimate of drug-likeness (QED) is 0.519. The van der Waals surface area contributed by atoms with Crippen LogP contribution >= 0.6 is 6.72 Å². The van der Waals surface area contributed by atoms with Crippen LogP contribution in [0.4, 0.5) is 0 Å². The van der Waals surface area contributed by atoms with E-state index in [1.807, 2.05) is 34.6 Å². The molecule has 0 saturated carbocycles. The number of hydrogen-bond donors (Lipinski definition) is 0. The van der Waals surface area contributed by atoms with Crippen LogP contribution in [0.1, 0.15) is 65.8 Å². The minimum atomic E-state index is -2.77. The lowest BCUT2D eigenvalue weighted by Gasteiger charge is -2.20. The van der Waals surface area contributed by atoms with Crippen LogP contribution in [0.2, 0.25) is 0 Å². The molecule has 2 aromatic rings. The van der Waals surface area contributed by atoms with Crippen LogP contribution in [0.15, 0.2) is 42.5 Å². The lowest BCUT2D eigenvalue weighted by atomic mass is 9.95. The third-order valence-corrected chi connectivity index (χ3v) is 6.40. The van der Waals surface area contributed by atoms with E-state index in [-0.39, 0.29) is 17.5 Å². The molecule has 0 spiro atoms. The summed E-state index contributed by atoms with van der Waals surface area (Å²) >= 11 is 5.32. The number of aryl methyl sites for hydroxylation is 1. The molecule has 1 aliphatic rings. The Morgan fingerprint density at radius 1 is 0.968 bits per heavy atom. The van der Waals surface area contributed by atoms with Gasteiger partial charge in [0.1, 0.15) is 5.82 Å². The summed E-state index contributed by atoms with van der Waals surface area (Å²) in [4.78, 5) is 31.1. The molecule has 1 heterocycles. The maximum atomic E-state index is 11.2. The molecule has 0 radical (unpaired) electrons. The summed E-state index contributed by atoms with van der Waals surface area (Å²) < 4.78 is 16.6. The predicted molar refractivity (Wildman–Crippen MR) is 123 cm³/mol. The summed E-state index contributed by atoms with van der Waals surface area (Å²) in [5.74, 6) is 1.18. The number of fused-ring (bicyclic) bond motifs is 1. The van der Waals surface area contributed by atoms with E-state index in [9.17, 15) is 9.59 Å². The Bertz CT molecular complexity index is 976. The van der Waals surface area contributed by atoms with Crippen LogP contribution in [-0.2, 0) is 20.9 Å². The number of allylic oxidation sites excluding steroid dienone is 2. The normalized spacial score (nSPS) is 13.0. The highest BCUT2D eigenvalue weighted by atomic mass is 32.5. The first-order chi connectivity index (χ1) is 14.7. The Morgan fingerprint density at radius 3 is 1.94 bits per heavy atom. The van der Waals surface area contributed by atoms with Crippen molar-refractivity contribution < 1.29 is 23.2 Å². The van der Waals surface area contributed by atoms with Crippen molar-refractivity contribution in [2.45, 2.75) is 40.5 Å². The Balaban J connectivity index is 0.000000242. The third-order valence-electron chi connectivity index (χ3n) is 3.99. The number of carbonyl (C=O) groups is 2. The van der Waals surface area contributed by atoms with Gasteiger partial charge in [-0.3, -0.25) is 18.6 Å². The molecule has 0 bridgehead atoms. The topological polar surface area (TPSA) is 87.6 Å². The van der Waals surface area contributed by atoms with Crippen molar-refractivity contribution in [3.8, 4) is 5.88 Å². The zero-order chi connectivity index (χ0) is 23.0. The molecular formula is C22H27N2O5PS. The van der Waals surface area contributed by atoms with E-state index in [0.29, 0.717) is 30.2 Å². The second-order valence-electron chi connectivity index (χ2n) is 6.84. The Kier molecular flexibility index (Phi) is 9.19. The molecule has 166 valence electrons. The summed E-state index contributed by atoms with van der Waals surface area (Å²) in [6, 6.07) is 8.58. The Hall–Kier alpha value is -2.25. The molecule has 7 nitrogen and oxygen atoms in total. The molecule has 0 atom stereocenters. The maximum Gasteiger partial charge on any atom is 0.381 e. The van der Waals surface area contributed by atoms with Crippen molar-refractivity contribution in [1.82, 2.24) is 9.97 Å². The first-order valence-corrected chi connectivity index (χ1v) is 12.5. The lowest BCUT2D eigenvalue weighted by molar-refractivity contribution is 0.0994. The van der Waals surface area contributed by atoms with Crippen LogP contribution in [-0.4, -0.2) is 34.7 Å². The van der Waals surface area contributed by atoms with Gasteiger partial charge in [0, 0.05) is 40.6 Å². The summed E-state index contributed by atoms with van der Waals surface area (Å²) in [6.07, 6.45) is 2.62. The fourth-order valence-corrected chi connectivity index (χ4v) is 4.63. The van der Waals surface area contributed by atoms with E-state index in [1.165, 1.54) is 12.2 Å². The zero-order valence-electron chi connectivity index (χ0n) is 18.3. The number of benzene rings is 1. The molecule has 0 saturated heterocycles. The van der Waals surface area contributed by atoms with Gasteiger partial charge in [0.25, 0.3) is 0 Å². The van der Waals surface area contributed by atoms with E-state index in [4.69, 9.17) is 25.4 Å². The van der Waals surface area contributed by atoms with Crippen molar-refractivity contribution in [2.75, 3.05) is 13.2 Å². The number of carbonyl (C=O) groups excluding carboxylic acids is 2. The highest BCUT2D eigenvalue weighted by molar-refractivity contribution is 8.07. The van der Waals surface area contributed by atoms with Gasteiger partial charge < -0.3 is 4.52 Å². The van der Waals surface area contributed by atoms with E-state index >= 15 is 0 Å². The van der Waals surface area contributed by atoms with Gasteiger partial charge in [-0.05, 0) is 32.9 Å². The predicted octanol–water partition coefficient (Wildman–Crippen LogP) is 5.21. The molecule has 3 rings (SSSR count). The third kappa shape index (κ3) is 7.14. The lowest BCUT2D eigenvalue weighted by Crippen LogP contribution is -2.10. The average Bonchev–Trinajstić information content (AvgIpc) is 2.71. The fourth-order valence-electron chi connectivity index (χ4n) is 2.63. The molecule has 31 heavy (non-hydrogen) atoms. The number of aromatic nitrogens is 2. The zero-order valence-corrected chi connectivity index (χ0v) is 20.0. The second-order valence-corrected chi connectivity index (χ2v) is 9.78. The van der Waals surface area contributed by atoms with Crippen LogP contribution in [0.5, 0.6) is 5.88 Å². The molecule has 0 unspecified atom stereocenters. The standard InChI is InChI=1S/C12H21N2O3PS.C10H6O2/c1-6-15-18(19,16-7-2)17-11-8-10(5)13-12(14-11)9(3)4;11-9-5-6-10(12)8-4-2-1-3-7(8)9/h8-9H,6-7H2,1-5H3;1-6H. The number of ketones is 2. The monoisotopic (exact) mass is 462 g/mol. The number of rotatable bonds is 7. The van der Waals surface area contributed by atoms with E-state index in [2.05, 4.69) is 9.97 Å². The van der Waals surface area contributed by atoms with Crippen LogP contribution in [0.25, 0.3) is 0 Å². The van der Waals surface area contributed by atoms with Crippen LogP contribution < -0.4 is 4.52 Å². The summed E-state index contributed by atoms with van der Waals surface area (Å²) in [6.45, 7) is 7.78. The van der Waals surface area contributed by atoms with Crippen molar-refractivity contribution in [3.05, 3.63) is 65.1 Å². The van der Waals surface area contributed by atoms with Crippen molar-refractivity contribution in [3.63, 3.8) is 0 Å². The molecule has 1 aromatic carbocycles. The first-order valence-electron chi connectivity index (χ1n) is 9.99. The molecule has 0 amide bonds. The van der Waals surface area contributed by atoms with E-state index < -0.39 is 6.72 Å². The molecule has 1 aliphatic carbocycles. The minimum Gasteiger partial charge on any atom is -0.406 e. The Labute approximate surface area is 188 Å². The van der Waals surface area contributed by atoms with Crippen molar-refractivity contribution in [1.29, 1.82) is 0 Å². The minimum absolute atomic E-state index is 0.0924. The second kappa shape index (κ2) is 11.4. The van der Waals surface area contributed by atoms with Crippen LogP contribution in [0, 0.1) is 6.92 Å². The van der Waals surface area contributed by atoms with Crippen molar-refractivity contribution in [2.24, 2.45) is 0 Å². The summed E-state index contributed by atoms with van der Waals surface area (Å²) in [5.41, 5.74) is 1.85. The highest BCUT2D eigenvalue weighted by Crippen LogP contribution is 2.49. The van der Waals surface area contributed by atoms with Gasteiger partial charge in [0.05, 0.1) is 13.2 Å². The van der Waals surface area contributed by atoms with Crippen molar-refractivity contribution >= 4 is 30.1 Å².